The van der Waals surface area contributed by atoms with Gasteiger partial charge in [-0.3, -0.25) is 0 Å². The van der Waals surface area contributed by atoms with Crippen LogP contribution in [0.25, 0.3) is 0 Å². The van der Waals surface area contributed by atoms with Crippen molar-refractivity contribution >= 4 is 28.1 Å². The van der Waals surface area contributed by atoms with Crippen LogP contribution in [-0.2, 0) is 6.42 Å². The summed E-state index contributed by atoms with van der Waals surface area (Å²) in [5.41, 5.74) is 1.12. The molecule has 1 heterocycles. The third-order valence-electron chi connectivity index (χ3n) is 2.45. The van der Waals surface area contributed by atoms with Crippen molar-refractivity contribution in [2.75, 3.05) is 5.32 Å². The molecule has 2 aromatic rings. The third kappa shape index (κ3) is 3.29. The van der Waals surface area contributed by atoms with Gasteiger partial charge >= 0.3 is 5.97 Å². The zero-order valence-corrected chi connectivity index (χ0v) is 11.1. The van der Waals surface area contributed by atoms with Gasteiger partial charge in [-0.1, -0.05) is 30.7 Å². The highest BCUT2D eigenvalue weighted by Gasteiger charge is 2.16. The number of carboxylic acid groups (broad SMARTS) is 1. The molecule has 0 saturated carbocycles. The van der Waals surface area contributed by atoms with E-state index in [1.165, 1.54) is 12.1 Å². The SMILES string of the molecule is CCCc1nc(Nc2cccc(F)c2)sc1C(=O)O. The van der Waals surface area contributed by atoms with Crippen LogP contribution < -0.4 is 5.32 Å². The molecular formula is C13H13FN2O2S. The third-order valence-corrected chi connectivity index (χ3v) is 3.46. The van der Waals surface area contributed by atoms with E-state index in [-0.39, 0.29) is 10.7 Å². The Balaban J connectivity index is 2.25. The average molecular weight is 280 g/mol. The summed E-state index contributed by atoms with van der Waals surface area (Å²) >= 11 is 1.06. The van der Waals surface area contributed by atoms with Gasteiger partial charge in [0.15, 0.2) is 5.13 Å². The van der Waals surface area contributed by atoms with Gasteiger partial charge in [-0.25, -0.2) is 14.2 Å². The number of carbonyl (C=O) groups is 1. The molecule has 0 amide bonds. The number of anilines is 2. The zero-order chi connectivity index (χ0) is 13.8. The highest BCUT2D eigenvalue weighted by molar-refractivity contribution is 7.17. The van der Waals surface area contributed by atoms with E-state index in [1.54, 1.807) is 12.1 Å². The predicted molar refractivity (Wildman–Crippen MR) is 72.8 cm³/mol. The lowest BCUT2D eigenvalue weighted by Gasteiger charge is -2.01. The summed E-state index contributed by atoms with van der Waals surface area (Å²) in [5.74, 6) is -1.33. The number of hydrogen-bond acceptors (Lipinski definition) is 4. The lowest BCUT2D eigenvalue weighted by Crippen LogP contribution is -1.98. The van der Waals surface area contributed by atoms with E-state index in [9.17, 15) is 9.18 Å². The topological polar surface area (TPSA) is 62.2 Å². The molecule has 2 N–H and O–H groups in total. The van der Waals surface area contributed by atoms with Crippen molar-refractivity contribution in [2.24, 2.45) is 0 Å². The Morgan fingerprint density at radius 1 is 1.53 bits per heavy atom. The molecular weight excluding hydrogens is 267 g/mol. The smallest absolute Gasteiger partial charge is 0.347 e. The van der Waals surface area contributed by atoms with Gasteiger partial charge in [0.1, 0.15) is 10.7 Å². The fourth-order valence-electron chi connectivity index (χ4n) is 1.67. The molecule has 0 aliphatic rings. The largest absolute Gasteiger partial charge is 0.477 e. The van der Waals surface area contributed by atoms with Crippen LogP contribution >= 0.6 is 11.3 Å². The number of nitrogens with one attached hydrogen (secondary N) is 1. The fraction of sp³-hybridized carbons (Fsp3) is 0.231. The predicted octanol–water partition coefficient (Wildman–Crippen LogP) is 3.68. The van der Waals surface area contributed by atoms with E-state index < -0.39 is 5.97 Å². The molecule has 100 valence electrons. The summed E-state index contributed by atoms with van der Waals surface area (Å²) in [6.45, 7) is 1.96. The Hall–Kier alpha value is -1.95. The first-order chi connectivity index (χ1) is 9.10. The van der Waals surface area contributed by atoms with Gasteiger partial charge in [-0.15, -0.1) is 0 Å². The maximum atomic E-state index is 13.1. The van der Waals surface area contributed by atoms with Crippen LogP contribution in [0.1, 0.15) is 28.7 Å². The normalized spacial score (nSPS) is 10.4. The molecule has 0 saturated heterocycles. The minimum absolute atomic E-state index is 0.237. The molecule has 1 aromatic heterocycles. The molecule has 2 rings (SSSR count). The standard InChI is InChI=1S/C13H13FN2O2S/c1-2-4-10-11(12(17)18)19-13(16-10)15-9-6-3-5-8(14)7-9/h3,5-7H,2,4H2,1H3,(H,15,16)(H,17,18). The number of aromatic nitrogens is 1. The quantitative estimate of drug-likeness (QED) is 0.877. The fourth-order valence-corrected chi connectivity index (χ4v) is 2.54. The number of thiazole rings is 1. The van der Waals surface area contributed by atoms with Gasteiger partial charge in [0, 0.05) is 5.69 Å². The first kappa shape index (κ1) is 13.5. The second-order valence-electron chi connectivity index (χ2n) is 3.99. The molecule has 0 spiro atoms. The van der Waals surface area contributed by atoms with Crippen LogP contribution in [-0.4, -0.2) is 16.1 Å². The maximum Gasteiger partial charge on any atom is 0.347 e. The van der Waals surface area contributed by atoms with Crippen LogP contribution in [0, 0.1) is 5.82 Å². The van der Waals surface area contributed by atoms with Crippen molar-refractivity contribution in [1.29, 1.82) is 0 Å². The molecule has 0 aliphatic heterocycles. The summed E-state index contributed by atoms with van der Waals surface area (Å²) in [4.78, 5) is 15.6. The van der Waals surface area contributed by atoms with Crippen LogP contribution in [0.4, 0.5) is 15.2 Å². The Morgan fingerprint density at radius 3 is 2.95 bits per heavy atom. The van der Waals surface area contributed by atoms with Crippen molar-refractivity contribution in [3.05, 3.63) is 40.7 Å². The van der Waals surface area contributed by atoms with E-state index in [4.69, 9.17) is 5.11 Å². The van der Waals surface area contributed by atoms with E-state index in [0.29, 0.717) is 22.9 Å². The molecule has 0 radical (unpaired) electrons. The Kier molecular flexibility index (Phi) is 4.11. The minimum Gasteiger partial charge on any atom is -0.477 e. The highest BCUT2D eigenvalue weighted by Crippen LogP contribution is 2.27. The summed E-state index contributed by atoms with van der Waals surface area (Å²) < 4.78 is 13.1. The second-order valence-corrected chi connectivity index (χ2v) is 4.98. The first-order valence-corrected chi connectivity index (χ1v) is 6.67. The van der Waals surface area contributed by atoms with Crippen molar-refractivity contribution in [3.8, 4) is 0 Å². The van der Waals surface area contributed by atoms with Crippen molar-refractivity contribution in [1.82, 2.24) is 4.98 Å². The van der Waals surface area contributed by atoms with Crippen molar-refractivity contribution in [2.45, 2.75) is 19.8 Å². The second kappa shape index (κ2) is 5.79. The van der Waals surface area contributed by atoms with Crippen LogP contribution in [0.15, 0.2) is 24.3 Å². The maximum absolute atomic E-state index is 13.1. The van der Waals surface area contributed by atoms with E-state index in [1.807, 2.05) is 6.92 Å². The Labute approximate surface area is 113 Å². The van der Waals surface area contributed by atoms with E-state index in [2.05, 4.69) is 10.3 Å². The zero-order valence-electron chi connectivity index (χ0n) is 10.3. The van der Waals surface area contributed by atoms with Crippen LogP contribution in [0.5, 0.6) is 0 Å². The molecule has 1 aromatic carbocycles. The van der Waals surface area contributed by atoms with E-state index in [0.717, 1.165) is 17.8 Å². The van der Waals surface area contributed by atoms with Gasteiger partial charge in [-0.2, -0.15) is 0 Å². The summed E-state index contributed by atoms with van der Waals surface area (Å²) in [5, 5.41) is 12.5. The number of aromatic carboxylic acids is 1. The minimum atomic E-state index is -0.978. The number of aryl methyl sites for hydroxylation is 1. The van der Waals surface area contributed by atoms with Crippen molar-refractivity contribution < 1.29 is 14.3 Å². The number of rotatable bonds is 5. The van der Waals surface area contributed by atoms with Gasteiger partial charge in [-0.05, 0) is 24.6 Å². The van der Waals surface area contributed by atoms with Gasteiger partial charge in [0.2, 0.25) is 0 Å². The molecule has 0 unspecified atom stereocenters. The van der Waals surface area contributed by atoms with Gasteiger partial charge in [0.05, 0.1) is 5.69 Å². The molecule has 0 aliphatic carbocycles. The van der Waals surface area contributed by atoms with Gasteiger partial charge in [0.25, 0.3) is 0 Å². The molecule has 0 fully saturated rings. The lowest BCUT2D eigenvalue weighted by molar-refractivity contribution is 0.0700. The summed E-state index contributed by atoms with van der Waals surface area (Å²) in [6, 6.07) is 5.96. The molecule has 4 nitrogen and oxygen atoms in total. The first-order valence-electron chi connectivity index (χ1n) is 5.85. The molecule has 0 atom stereocenters. The average Bonchev–Trinajstić information content (AvgIpc) is 2.73. The molecule has 6 heteroatoms. The molecule has 0 bridgehead atoms. The number of benzene rings is 1. The number of nitrogens with zero attached hydrogens (tertiary/aromatic N) is 1. The number of hydrogen-bond donors (Lipinski definition) is 2. The summed E-state index contributed by atoms with van der Waals surface area (Å²) in [7, 11) is 0. The lowest BCUT2D eigenvalue weighted by atomic mass is 10.2. The van der Waals surface area contributed by atoms with Crippen molar-refractivity contribution in [3.63, 3.8) is 0 Å². The number of carboxylic acids is 1. The van der Waals surface area contributed by atoms with Gasteiger partial charge < -0.3 is 10.4 Å². The number of halogens is 1. The Bertz CT molecular complexity index is 598. The Morgan fingerprint density at radius 2 is 2.32 bits per heavy atom. The molecule has 19 heavy (non-hydrogen) atoms. The van der Waals surface area contributed by atoms with Crippen LogP contribution in [0.2, 0.25) is 0 Å². The monoisotopic (exact) mass is 280 g/mol. The van der Waals surface area contributed by atoms with E-state index >= 15 is 0 Å². The van der Waals surface area contributed by atoms with Crippen LogP contribution in [0.3, 0.4) is 0 Å². The summed E-state index contributed by atoms with van der Waals surface area (Å²) in [6.07, 6.45) is 1.44. The highest BCUT2D eigenvalue weighted by atomic mass is 32.1.